The Morgan fingerprint density at radius 3 is 2.55 bits per heavy atom. The van der Waals surface area contributed by atoms with Crippen LogP contribution in [0.2, 0.25) is 10.0 Å². The Labute approximate surface area is 198 Å². The van der Waals surface area contributed by atoms with Gasteiger partial charge in [0.1, 0.15) is 11.6 Å². The molecule has 0 saturated heterocycles. The zero-order valence-electron chi connectivity index (χ0n) is 17.4. The highest BCUT2D eigenvalue weighted by atomic mass is 35.5. The number of benzene rings is 2. The second-order valence-electron chi connectivity index (χ2n) is 7.02. The number of aromatic nitrogens is 3. The molecule has 1 N–H and O–H groups in total. The molecule has 168 valence electrons. The maximum atomic E-state index is 12.9. The van der Waals surface area contributed by atoms with Gasteiger partial charge in [0.2, 0.25) is 11.8 Å². The molecule has 0 atom stereocenters. The van der Waals surface area contributed by atoms with Crippen LogP contribution < -0.4 is 21.3 Å². The largest absolute Gasteiger partial charge is 0.435 e. The summed E-state index contributed by atoms with van der Waals surface area (Å²) in [6.45, 7) is 1.59. The summed E-state index contributed by atoms with van der Waals surface area (Å²) >= 11 is 12.0. The van der Waals surface area contributed by atoms with E-state index in [4.69, 9.17) is 27.9 Å². The van der Waals surface area contributed by atoms with Gasteiger partial charge in [0.15, 0.2) is 5.75 Å². The molecule has 0 aliphatic rings. The quantitative estimate of drug-likeness (QED) is 0.439. The van der Waals surface area contributed by atoms with E-state index in [-0.39, 0.29) is 29.6 Å². The maximum absolute atomic E-state index is 12.9. The molecular weight excluding hydrogens is 467 g/mol. The van der Waals surface area contributed by atoms with E-state index in [9.17, 15) is 14.4 Å². The van der Waals surface area contributed by atoms with Crippen LogP contribution in [0.15, 0.2) is 70.4 Å². The molecule has 2 aromatic heterocycles. The van der Waals surface area contributed by atoms with Gasteiger partial charge in [0, 0.05) is 12.7 Å². The molecule has 33 heavy (non-hydrogen) atoms. The predicted octanol–water partition coefficient (Wildman–Crippen LogP) is 4.32. The zero-order valence-corrected chi connectivity index (χ0v) is 18.9. The van der Waals surface area contributed by atoms with Gasteiger partial charge >= 0.3 is 5.69 Å². The summed E-state index contributed by atoms with van der Waals surface area (Å²) in [5, 5.41) is 3.68. The molecule has 0 unspecified atom stereocenters. The Bertz CT molecular complexity index is 1480. The molecule has 0 spiro atoms. The number of halogens is 2. The van der Waals surface area contributed by atoms with Crippen LogP contribution in [0, 0.1) is 0 Å². The molecule has 10 heteroatoms. The normalized spacial score (nSPS) is 10.9. The molecule has 4 rings (SSSR count). The van der Waals surface area contributed by atoms with Gasteiger partial charge in [-0.1, -0.05) is 47.5 Å². The minimum Gasteiger partial charge on any atom is -0.435 e. The third kappa shape index (κ3) is 4.62. The summed E-state index contributed by atoms with van der Waals surface area (Å²) in [4.78, 5) is 42.4. The Hall–Kier alpha value is -3.62. The first kappa shape index (κ1) is 22.6. The first-order valence-electron chi connectivity index (χ1n) is 9.99. The average molecular weight is 485 g/mol. The number of rotatable bonds is 6. The molecule has 0 aliphatic carbocycles. The summed E-state index contributed by atoms with van der Waals surface area (Å²) in [5.41, 5.74) is -0.204. The van der Waals surface area contributed by atoms with Crippen molar-refractivity contribution in [1.82, 2.24) is 14.1 Å². The van der Waals surface area contributed by atoms with E-state index < -0.39 is 11.6 Å². The van der Waals surface area contributed by atoms with E-state index in [1.54, 1.807) is 55.5 Å². The van der Waals surface area contributed by atoms with Crippen LogP contribution in [0.1, 0.15) is 6.92 Å². The molecule has 2 heterocycles. The predicted molar refractivity (Wildman–Crippen MR) is 128 cm³/mol. The van der Waals surface area contributed by atoms with Crippen molar-refractivity contribution in [3.63, 3.8) is 0 Å². The molecule has 4 aromatic rings. The number of anilines is 1. The average Bonchev–Trinajstić information content (AvgIpc) is 2.80. The first-order valence-corrected chi connectivity index (χ1v) is 10.7. The number of carbonyl (C=O) groups is 1. The number of carbonyl (C=O) groups excluding carboxylic acids is 1. The number of nitrogens with one attached hydrogen (secondary N) is 1. The van der Waals surface area contributed by atoms with Crippen molar-refractivity contribution in [2.24, 2.45) is 0 Å². The van der Waals surface area contributed by atoms with E-state index in [1.807, 2.05) is 0 Å². The van der Waals surface area contributed by atoms with E-state index in [2.05, 4.69) is 10.3 Å². The van der Waals surface area contributed by atoms with Crippen molar-refractivity contribution in [1.29, 1.82) is 0 Å². The second-order valence-corrected chi connectivity index (χ2v) is 7.87. The lowest BCUT2D eigenvalue weighted by molar-refractivity contribution is -0.116. The van der Waals surface area contributed by atoms with Gasteiger partial charge in [-0.15, -0.1) is 0 Å². The third-order valence-electron chi connectivity index (χ3n) is 4.89. The molecule has 0 radical (unpaired) electrons. The van der Waals surface area contributed by atoms with Crippen LogP contribution in [0.25, 0.3) is 10.9 Å². The first-order chi connectivity index (χ1) is 15.9. The molecule has 0 fully saturated rings. The minimum atomic E-state index is -0.557. The van der Waals surface area contributed by atoms with Gasteiger partial charge in [0.25, 0.3) is 5.56 Å². The highest BCUT2D eigenvalue weighted by Crippen LogP contribution is 2.33. The smallest absolute Gasteiger partial charge is 0.331 e. The molecule has 2 aromatic carbocycles. The van der Waals surface area contributed by atoms with Crippen molar-refractivity contribution in [2.45, 2.75) is 20.0 Å². The Morgan fingerprint density at radius 1 is 1.06 bits per heavy atom. The summed E-state index contributed by atoms with van der Waals surface area (Å²) in [7, 11) is 0. The lowest BCUT2D eigenvalue weighted by Gasteiger charge is -2.15. The lowest BCUT2D eigenvalue weighted by atomic mass is 10.2. The van der Waals surface area contributed by atoms with E-state index >= 15 is 0 Å². The second kappa shape index (κ2) is 9.48. The lowest BCUT2D eigenvalue weighted by Crippen LogP contribution is -2.41. The van der Waals surface area contributed by atoms with Gasteiger partial charge in [-0.2, -0.15) is 0 Å². The van der Waals surface area contributed by atoms with Gasteiger partial charge in [-0.3, -0.25) is 18.7 Å². The fourth-order valence-electron chi connectivity index (χ4n) is 3.38. The molecule has 1 amide bonds. The summed E-state index contributed by atoms with van der Waals surface area (Å²) in [6, 6.07) is 14.9. The number of nitrogens with zero attached hydrogens (tertiary/aromatic N) is 3. The van der Waals surface area contributed by atoms with Crippen molar-refractivity contribution in [3.8, 4) is 11.6 Å². The Kier molecular flexibility index (Phi) is 6.48. The van der Waals surface area contributed by atoms with E-state index in [0.29, 0.717) is 27.4 Å². The number of amides is 1. The fraction of sp³-hybridized carbons (Fsp3) is 0.130. The van der Waals surface area contributed by atoms with Crippen molar-refractivity contribution in [2.75, 3.05) is 5.32 Å². The van der Waals surface area contributed by atoms with Crippen LogP contribution in [0.5, 0.6) is 11.6 Å². The zero-order chi connectivity index (χ0) is 23.5. The number of pyridine rings is 1. The molecule has 0 bridgehead atoms. The van der Waals surface area contributed by atoms with Crippen molar-refractivity contribution >= 4 is 45.7 Å². The number of fused-ring (bicyclic) bond motifs is 1. The molecular formula is C23H18Cl2N4O4. The van der Waals surface area contributed by atoms with E-state index in [1.165, 1.54) is 16.8 Å². The van der Waals surface area contributed by atoms with Gasteiger partial charge in [-0.25, -0.2) is 9.78 Å². The van der Waals surface area contributed by atoms with Crippen molar-refractivity contribution < 1.29 is 9.53 Å². The van der Waals surface area contributed by atoms with Crippen molar-refractivity contribution in [3.05, 3.63) is 91.7 Å². The minimum absolute atomic E-state index is 0.125. The van der Waals surface area contributed by atoms with Crippen LogP contribution in [-0.2, 0) is 17.9 Å². The highest BCUT2D eigenvalue weighted by Gasteiger charge is 2.16. The van der Waals surface area contributed by atoms with Crippen LogP contribution in [-0.4, -0.2) is 20.0 Å². The third-order valence-corrected chi connectivity index (χ3v) is 5.37. The highest BCUT2D eigenvalue weighted by molar-refractivity contribution is 6.35. The number of hydrogen-bond acceptors (Lipinski definition) is 5. The standard InChI is InChI=1S/C23H18Cl2N4O4/c1-2-28-22(31)15-7-3-5-9-18(15)29(23(28)32)13-20(30)27-17-8-4-6-10-19(17)33-21-16(25)11-14(24)12-26-21/h3-12H,2,13H2,1H3,(H,27,30). The van der Waals surface area contributed by atoms with Crippen LogP contribution >= 0.6 is 23.2 Å². The topological polar surface area (TPSA) is 95.2 Å². The summed E-state index contributed by atoms with van der Waals surface area (Å²) < 4.78 is 8.13. The SMILES string of the molecule is CCn1c(=O)c2ccccc2n(CC(=O)Nc2ccccc2Oc2ncc(Cl)cc2Cl)c1=O. The van der Waals surface area contributed by atoms with Gasteiger partial charge < -0.3 is 10.1 Å². The molecule has 0 aliphatic heterocycles. The molecule has 0 saturated carbocycles. The summed E-state index contributed by atoms with van der Waals surface area (Å²) in [6.07, 6.45) is 1.39. The fourth-order valence-corrected chi connectivity index (χ4v) is 3.79. The van der Waals surface area contributed by atoms with Gasteiger partial charge in [0.05, 0.1) is 21.6 Å². The Morgan fingerprint density at radius 2 is 1.79 bits per heavy atom. The summed E-state index contributed by atoms with van der Waals surface area (Å²) in [5.74, 6) is -0.0481. The monoisotopic (exact) mass is 484 g/mol. The number of para-hydroxylation sites is 3. The van der Waals surface area contributed by atoms with Crippen LogP contribution in [0.3, 0.4) is 0 Å². The van der Waals surface area contributed by atoms with Gasteiger partial charge in [-0.05, 0) is 37.3 Å². The number of ether oxygens (including phenoxy) is 1. The molecule has 8 nitrogen and oxygen atoms in total. The van der Waals surface area contributed by atoms with E-state index in [0.717, 1.165) is 4.57 Å². The number of hydrogen-bond donors (Lipinski definition) is 1. The maximum Gasteiger partial charge on any atom is 0.331 e. The Balaban J connectivity index is 1.64. The van der Waals surface area contributed by atoms with Crippen LogP contribution in [0.4, 0.5) is 5.69 Å².